The summed E-state index contributed by atoms with van der Waals surface area (Å²) in [4.78, 5) is 0. The van der Waals surface area contributed by atoms with Gasteiger partial charge in [-0.05, 0) is 58.4 Å². The molecule has 0 fully saturated rings. The summed E-state index contributed by atoms with van der Waals surface area (Å²) in [6, 6.07) is 14.1. The average Bonchev–Trinajstić information content (AvgIpc) is 2.27. The molecule has 0 spiro atoms. The first-order valence-corrected chi connectivity index (χ1v) is 7.01. The first-order valence-electron chi connectivity index (χ1n) is 4.63. The Morgan fingerprint density at radius 3 is 2.06 bits per heavy atom. The molecule has 2 rings (SSSR count). The average molecular weight is 406 g/mol. The van der Waals surface area contributed by atoms with E-state index in [-0.39, 0.29) is 0 Å². The van der Waals surface area contributed by atoms with Crippen LogP contribution in [0.2, 0.25) is 0 Å². The third kappa shape index (κ3) is 3.09. The third-order valence-corrected chi connectivity index (χ3v) is 3.77. The number of rotatable bonds is 2. The van der Waals surface area contributed by atoms with Gasteiger partial charge in [0.25, 0.3) is 0 Å². The monoisotopic (exact) mass is 403 g/mol. The Hall–Kier alpha value is -0.320. The summed E-state index contributed by atoms with van der Waals surface area (Å²) in [5.74, 6) is 0. The molecule has 0 saturated carbocycles. The molecule has 0 radical (unpaired) electrons. The normalized spacial score (nSPS) is 10.2. The summed E-state index contributed by atoms with van der Waals surface area (Å²) in [5.41, 5.74) is 2.10. The standard InChI is InChI=1S/C12H8Br3N/c13-8-1-4-10(5-2-8)16-12-7-9(14)3-6-11(12)15/h1-7,16H. The maximum atomic E-state index is 3.51. The minimum atomic E-state index is 1.04. The number of anilines is 2. The Bertz CT molecular complexity index is 494. The third-order valence-electron chi connectivity index (χ3n) is 2.05. The summed E-state index contributed by atoms with van der Waals surface area (Å²) >= 11 is 10.4. The lowest BCUT2D eigenvalue weighted by atomic mass is 10.3. The molecule has 2 aromatic rings. The van der Waals surface area contributed by atoms with E-state index in [0.29, 0.717) is 0 Å². The highest BCUT2D eigenvalue weighted by Gasteiger charge is 2.01. The molecular weight excluding hydrogens is 398 g/mol. The van der Waals surface area contributed by atoms with Crippen molar-refractivity contribution in [2.75, 3.05) is 5.32 Å². The molecule has 0 amide bonds. The predicted octanol–water partition coefficient (Wildman–Crippen LogP) is 5.72. The van der Waals surface area contributed by atoms with Crippen molar-refractivity contribution in [1.29, 1.82) is 0 Å². The van der Waals surface area contributed by atoms with Crippen LogP contribution in [-0.2, 0) is 0 Å². The van der Waals surface area contributed by atoms with E-state index >= 15 is 0 Å². The summed E-state index contributed by atoms with van der Waals surface area (Å²) in [6.45, 7) is 0. The van der Waals surface area contributed by atoms with Crippen LogP contribution in [0.25, 0.3) is 0 Å². The number of halogens is 3. The van der Waals surface area contributed by atoms with Gasteiger partial charge in [-0.25, -0.2) is 0 Å². The van der Waals surface area contributed by atoms with E-state index in [9.17, 15) is 0 Å². The highest BCUT2D eigenvalue weighted by Crippen LogP contribution is 2.29. The van der Waals surface area contributed by atoms with Crippen LogP contribution in [0.3, 0.4) is 0 Å². The van der Waals surface area contributed by atoms with Gasteiger partial charge in [0.05, 0.1) is 5.69 Å². The van der Waals surface area contributed by atoms with E-state index in [1.165, 1.54) is 0 Å². The Kier molecular flexibility index (Phi) is 4.05. The van der Waals surface area contributed by atoms with E-state index in [2.05, 4.69) is 53.1 Å². The zero-order valence-electron chi connectivity index (χ0n) is 8.18. The molecule has 0 aliphatic heterocycles. The predicted molar refractivity (Wildman–Crippen MR) is 79.3 cm³/mol. The molecule has 0 aromatic heterocycles. The van der Waals surface area contributed by atoms with Gasteiger partial charge in [-0.15, -0.1) is 0 Å². The second-order valence-electron chi connectivity index (χ2n) is 3.26. The van der Waals surface area contributed by atoms with Gasteiger partial charge in [0.15, 0.2) is 0 Å². The van der Waals surface area contributed by atoms with Crippen LogP contribution in [0.1, 0.15) is 0 Å². The Morgan fingerprint density at radius 2 is 1.38 bits per heavy atom. The molecule has 0 aliphatic carbocycles. The highest BCUT2D eigenvalue weighted by molar-refractivity contribution is 9.11. The minimum Gasteiger partial charge on any atom is -0.355 e. The SMILES string of the molecule is Brc1ccc(Nc2cc(Br)ccc2Br)cc1. The fourth-order valence-electron chi connectivity index (χ4n) is 1.28. The Balaban J connectivity index is 2.26. The van der Waals surface area contributed by atoms with Crippen molar-refractivity contribution in [1.82, 2.24) is 0 Å². The van der Waals surface area contributed by atoms with Crippen LogP contribution in [0, 0.1) is 0 Å². The largest absolute Gasteiger partial charge is 0.355 e. The van der Waals surface area contributed by atoms with Gasteiger partial charge in [0, 0.05) is 19.1 Å². The lowest BCUT2D eigenvalue weighted by Crippen LogP contribution is -1.90. The van der Waals surface area contributed by atoms with Crippen molar-refractivity contribution in [3.05, 3.63) is 55.9 Å². The summed E-state index contributed by atoms with van der Waals surface area (Å²) < 4.78 is 3.17. The van der Waals surface area contributed by atoms with E-state index in [1.54, 1.807) is 0 Å². The van der Waals surface area contributed by atoms with Crippen molar-refractivity contribution >= 4 is 59.2 Å². The fourth-order valence-corrected chi connectivity index (χ4v) is 2.25. The molecule has 1 N–H and O–H groups in total. The first kappa shape index (κ1) is 12.1. The molecule has 1 nitrogen and oxygen atoms in total. The zero-order chi connectivity index (χ0) is 11.5. The van der Waals surface area contributed by atoms with Gasteiger partial charge in [-0.3, -0.25) is 0 Å². The molecule has 0 saturated heterocycles. The lowest BCUT2D eigenvalue weighted by molar-refractivity contribution is 1.50. The molecule has 16 heavy (non-hydrogen) atoms. The molecule has 0 atom stereocenters. The smallest absolute Gasteiger partial charge is 0.0539 e. The van der Waals surface area contributed by atoms with Gasteiger partial charge in [0.1, 0.15) is 0 Å². The van der Waals surface area contributed by atoms with E-state index in [4.69, 9.17) is 0 Å². The molecule has 0 unspecified atom stereocenters. The second-order valence-corrected chi connectivity index (χ2v) is 5.94. The van der Waals surface area contributed by atoms with E-state index in [1.807, 2.05) is 42.5 Å². The summed E-state index contributed by atoms with van der Waals surface area (Å²) in [6.07, 6.45) is 0. The Labute approximate surface area is 120 Å². The first-order chi connectivity index (χ1) is 7.65. The molecule has 82 valence electrons. The Morgan fingerprint density at radius 1 is 0.750 bits per heavy atom. The maximum absolute atomic E-state index is 3.51. The number of hydrogen-bond donors (Lipinski definition) is 1. The second kappa shape index (κ2) is 5.34. The van der Waals surface area contributed by atoms with Gasteiger partial charge in [0.2, 0.25) is 0 Å². The molecule has 0 bridgehead atoms. The van der Waals surface area contributed by atoms with Crippen molar-refractivity contribution in [3.63, 3.8) is 0 Å². The number of benzene rings is 2. The van der Waals surface area contributed by atoms with Crippen LogP contribution in [0.4, 0.5) is 11.4 Å². The van der Waals surface area contributed by atoms with Crippen LogP contribution in [-0.4, -0.2) is 0 Å². The van der Waals surface area contributed by atoms with Crippen molar-refractivity contribution in [2.45, 2.75) is 0 Å². The quantitative estimate of drug-likeness (QED) is 0.674. The molecule has 2 aromatic carbocycles. The van der Waals surface area contributed by atoms with Crippen LogP contribution < -0.4 is 5.32 Å². The molecule has 0 heterocycles. The highest BCUT2D eigenvalue weighted by atomic mass is 79.9. The van der Waals surface area contributed by atoms with Crippen molar-refractivity contribution in [2.24, 2.45) is 0 Å². The van der Waals surface area contributed by atoms with Crippen molar-refractivity contribution < 1.29 is 0 Å². The van der Waals surface area contributed by atoms with E-state index < -0.39 is 0 Å². The molecule has 4 heteroatoms. The van der Waals surface area contributed by atoms with Crippen LogP contribution in [0.5, 0.6) is 0 Å². The van der Waals surface area contributed by atoms with Gasteiger partial charge >= 0.3 is 0 Å². The number of nitrogens with one attached hydrogen (secondary N) is 1. The topological polar surface area (TPSA) is 12.0 Å². The summed E-state index contributed by atoms with van der Waals surface area (Å²) in [5, 5.41) is 3.34. The van der Waals surface area contributed by atoms with Gasteiger partial charge < -0.3 is 5.32 Å². The fraction of sp³-hybridized carbons (Fsp3) is 0. The van der Waals surface area contributed by atoms with Gasteiger partial charge in [-0.2, -0.15) is 0 Å². The van der Waals surface area contributed by atoms with Crippen molar-refractivity contribution in [3.8, 4) is 0 Å². The maximum Gasteiger partial charge on any atom is 0.0539 e. The van der Waals surface area contributed by atoms with Crippen LogP contribution >= 0.6 is 47.8 Å². The number of hydrogen-bond acceptors (Lipinski definition) is 1. The molecular formula is C12H8Br3N. The lowest BCUT2D eigenvalue weighted by Gasteiger charge is -2.09. The zero-order valence-corrected chi connectivity index (χ0v) is 12.9. The summed E-state index contributed by atoms with van der Waals surface area (Å²) in [7, 11) is 0. The minimum absolute atomic E-state index is 1.04. The van der Waals surface area contributed by atoms with Crippen LogP contribution in [0.15, 0.2) is 55.9 Å². The van der Waals surface area contributed by atoms with E-state index in [0.717, 1.165) is 24.8 Å². The van der Waals surface area contributed by atoms with Gasteiger partial charge in [-0.1, -0.05) is 31.9 Å². The molecule has 0 aliphatic rings.